The Balaban J connectivity index is 2.13. The number of anilines is 1. The van der Waals surface area contributed by atoms with Crippen LogP contribution in [-0.2, 0) is 6.54 Å². The molecule has 0 atom stereocenters. The molecule has 6 heteroatoms. The normalized spacial score (nSPS) is 10.7. The average Bonchev–Trinajstić information content (AvgIpc) is 2.84. The van der Waals surface area contributed by atoms with Gasteiger partial charge in [-0.1, -0.05) is 0 Å². The average molecular weight is 260 g/mol. The largest absolute Gasteiger partial charge is 0.489 e. The van der Waals surface area contributed by atoms with Crippen LogP contribution in [0.1, 0.15) is 24.2 Å². The predicted octanol–water partition coefficient (Wildman–Crippen LogP) is 1.53. The maximum absolute atomic E-state index is 12.0. The van der Waals surface area contributed by atoms with Crippen molar-refractivity contribution >= 4 is 11.5 Å². The summed E-state index contributed by atoms with van der Waals surface area (Å²) in [5, 5.41) is 7.78. The topological polar surface area (TPSA) is 83.0 Å². The van der Waals surface area contributed by atoms with E-state index in [-0.39, 0.29) is 18.4 Å². The molecule has 0 aliphatic heterocycles. The van der Waals surface area contributed by atoms with E-state index >= 15 is 0 Å². The molecular formula is C13H16N4O2. The number of benzene rings is 1. The van der Waals surface area contributed by atoms with Gasteiger partial charge >= 0.3 is 0 Å². The second-order valence-corrected chi connectivity index (χ2v) is 4.40. The first-order chi connectivity index (χ1) is 9.06. The first kappa shape index (κ1) is 13.1. The van der Waals surface area contributed by atoms with Crippen molar-refractivity contribution in [3.63, 3.8) is 0 Å². The summed E-state index contributed by atoms with van der Waals surface area (Å²) in [6.07, 6.45) is 3.10. The highest BCUT2D eigenvalue weighted by atomic mass is 16.5. The van der Waals surface area contributed by atoms with Crippen LogP contribution in [0.2, 0.25) is 0 Å². The third kappa shape index (κ3) is 3.31. The zero-order valence-corrected chi connectivity index (χ0v) is 10.9. The highest BCUT2D eigenvalue weighted by molar-refractivity contribution is 5.96. The first-order valence-corrected chi connectivity index (χ1v) is 5.99. The Bertz CT molecular complexity index is 564. The van der Waals surface area contributed by atoms with Gasteiger partial charge in [-0.3, -0.25) is 4.79 Å². The third-order valence-corrected chi connectivity index (χ3v) is 2.45. The molecule has 0 radical (unpaired) electrons. The van der Waals surface area contributed by atoms with Crippen molar-refractivity contribution in [3.8, 4) is 5.75 Å². The van der Waals surface area contributed by atoms with E-state index in [1.165, 1.54) is 17.2 Å². The molecule has 1 aromatic carbocycles. The van der Waals surface area contributed by atoms with Crippen molar-refractivity contribution < 1.29 is 9.53 Å². The van der Waals surface area contributed by atoms with Gasteiger partial charge in [-0.2, -0.15) is 15.0 Å². The van der Waals surface area contributed by atoms with Crippen LogP contribution >= 0.6 is 0 Å². The highest BCUT2D eigenvalue weighted by Crippen LogP contribution is 2.24. The maximum Gasteiger partial charge on any atom is 0.186 e. The smallest absolute Gasteiger partial charge is 0.186 e. The number of hydrogen-bond acceptors (Lipinski definition) is 5. The number of aromatic nitrogens is 3. The van der Waals surface area contributed by atoms with Crippen LogP contribution in [0.3, 0.4) is 0 Å². The van der Waals surface area contributed by atoms with Crippen molar-refractivity contribution in [2.45, 2.75) is 26.5 Å². The Morgan fingerprint density at radius 3 is 2.63 bits per heavy atom. The van der Waals surface area contributed by atoms with Crippen LogP contribution in [0.5, 0.6) is 5.75 Å². The van der Waals surface area contributed by atoms with Gasteiger partial charge in [-0.05, 0) is 32.0 Å². The van der Waals surface area contributed by atoms with E-state index in [2.05, 4.69) is 10.2 Å². The fraction of sp³-hybridized carbons (Fsp3) is 0.308. The Morgan fingerprint density at radius 1 is 1.37 bits per heavy atom. The highest BCUT2D eigenvalue weighted by Gasteiger charge is 2.11. The molecular weight excluding hydrogens is 244 g/mol. The van der Waals surface area contributed by atoms with E-state index in [1.54, 1.807) is 18.2 Å². The van der Waals surface area contributed by atoms with Crippen molar-refractivity contribution in [2.24, 2.45) is 0 Å². The van der Waals surface area contributed by atoms with Crippen molar-refractivity contribution in [2.75, 3.05) is 5.73 Å². The predicted molar refractivity (Wildman–Crippen MR) is 71.0 cm³/mol. The van der Waals surface area contributed by atoms with E-state index < -0.39 is 0 Å². The number of ether oxygens (including phenoxy) is 1. The summed E-state index contributed by atoms with van der Waals surface area (Å²) in [6, 6.07) is 5.02. The molecule has 0 fully saturated rings. The SMILES string of the molecule is CC(C)Oc1ccc(C(=O)Cn2nccn2)cc1N. The Hall–Kier alpha value is -2.37. The van der Waals surface area contributed by atoms with Gasteiger partial charge in [-0.15, -0.1) is 0 Å². The zero-order valence-electron chi connectivity index (χ0n) is 10.9. The lowest BCUT2D eigenvalue weighted by atomic mass is 10.1. The molecule has 0 aliphatic rings. The first-order valence-electron chi connectivity index (χ1n) is 5.99. The lowest BCUT2D eigenvalue weighted by molar-refractivity contribution is 0.0962. The number of nitrogens with zero attached hydrogens (tertiary/aromatic N) is 3. The van der Waals surface area contributed by atoms with Crippen LogP contribution < -0.4 is 10.5 Å². The fourth-order valence-electron chi connectivity index (χ4n) is 1.63. The second-order valence-electron chi connectivity index (χ2n) is 4.40. The molecule has 2 N–H and O–H groups in total. The van der Waals surface area contributed by atoms with Gasteiger partial charge in [0.1, 0.15) is 12.3 Å². The monoisotopic (exact) mass is 260 g/mol. The minimum absolute atomic E-state index is 0.0390. The quantitative estimate of drug-likeness (QED) is 0.651. The number of hydrogen-bond donors (Lipinski definition) is 1. The van der Waals surface area contributed by atoms with Crippen molar-refractivity contribution in [1.29, 1.82) is 0 Å². The molecule has 0 bridgehead atoms. The van der Waals surface area contributed by atoms with Crippen molar-refractivity contribution in [3.05, 3.63) is 36.2 Å². The van der Waals surface area contributed by atoms with Crippen LogP contribution in [0, 0.1) is 0 Å². The standard InChI is InChI=1S/C13H16N4O2/c1-9(2)19-13-4-3-10(7-11(13)14)12(18)8-17-15-5-6-16-17/h3-7,9H,8,14H2,1-2H3. The molecule has 0 amide bonds. The molecule has 0 saturated heterocycles. The van der Waals surface area contributed by atoms with E-state index in [0.717, 1.165) is 0 Å². The summed E-state index contributed by atoms with van der Waals surface area (Å²) < 4.78 is 5.52. The van der Waals surface area contributed by atoms with E-state index in [9.17, 15) is 4.79 Å². The van der Waals surface area contributed by atoms with Crippen molar-refractivity contribution in [1.82, 2.24) is 15.0 Å². The maximum atomic E-state index is 12.0. The molecule has 19 heavy (non-hydrogen) atoms. The molecule has 1 aromatic heterocycles. The van der Waals surface area contributed by atoms with Gasteiger partial charge in [0.05, 0.1) is 24.2 Å². The minimum Gasteiger partial charge on any atom is -0.489 e. The van der Waals surface area contributed by atoms with E-state index in [1.807, 2.05) is 13.8 Å². The molecule has 0 spiro atoms. The second kappa shape index (κ2) is 5.51. The number of Topliss-reactive ketones (excluding diaryl/α,β-unsaturated/α-hetero) is 1. The summed E-state index contributed by atoms with van der Waals surface area (Å²) in [7, 11) is 0. The minimum atomic E-state index is -0.0982. The van der Waals surface area contributed by atoms with Gasteiger partial charge in [0.2, 0.25) is 0 Å². The van der Waals surface area contributed by atoms with E-state index in [4.69, 9.17) is 10.5 Å². The van der Waals surface area contributed by atoms with Gasteiger partial charge < -0.3 is 10.5 Å². The summed E-state index contributed by atoms with van der Waals surface area (Å²) in [5.74, 6) is 0.489. The van der Waals surface area contributed by atoms with Gasteiger partial charge in [0.15, 0.2) is 5.78 Å². The number of rotatable bonds is 5. The van der Waals surface area contributed by atoms with Gasteiger partial charge in [-0.25, -0.2) is 0 Å². The van der Waals surface area contributed by atoms with Crippen LogP contribution in [0.4, 0.5) is 5.69 Å². The Labute approximate surface area is 111 Å². The summed E-state index contributed by atoms with van der Waals surface area (Å²) in [5.41, 5.74) is 6.84. The summed E-state index contributed by atoms with van der Waals surface area (Å²) >= 11 is 0. The third-order valence-electron chi connectivity index (χ3n) is 2.45. The fourth-order valence-corrected chi connectivity index (χ4v) is 1.63. The van der Waals surface area contributed by atoms with Gasteiger partial charge in [0.25, 0.3) is 0 Å². The summed E-state index contributed by atoms with van der Waals surface area (Å²) in [6.45, 7) is 3.93. The van der Waals surface area contributed by atoms with Gasteiger partial charge in [0, 0.05) is 5.56 Å². The Kier molecular flexibility index (Phi) is 3.79. The molecule has 2 aromatic rings. The van der Waals surface area contributed by atoms with E-state index in [0.29, 0.717) is 17.0 Å². The Morgan fingerprint density at radius 2 is 2.05 bits per heavy atom. The molecule has 6 nitrogen and oxygen atoms in total. The number of nitrogen functional groups attached to an aromatic ring is 1. The molecule has 100 valence electrons. The number of nitrogens with two attached hydrogens (primary N) is 1. The summed E-state index contributed by atoms with van der Waals surface area (Å²) in [4.78, 5) is 13.3. The molecule has 2 rings (SSSR count). The number of carbonyl (C=O) groups is 1. The molecule has 0 aliphatic carbocycles. The molecule has 0 saturated carbocycles. The number of ketones is 1. The molecule has 0 unspecified atom stereocenters. The zero-order chi connectivity index (χ0) is 13.8. The number of carbonyl (C=O) groups excluding carboxylic acids is 1. The lowest BCUT2D eigenvalue weighted by Crippen LogP contribution is -2.13. The lowest BCUT2D eigenvalue weighted by Gasteiger charge is -2.12. The van der Waals surface area contributed by atoms with Crippen LogP contribution in [0.15, 0.2) is 30.6 Å². The van der Waals surface area contributed by atoms with Crippen LogP contribution in [0.25, 0.3) is 0 Å². The molecule has 1 heterocycles. The van der Waals surface area contributed by atoms with Crippen LogP contribution in [-0.4, -0.2) is 26.9 Å².